The lowest BCUT2D eigenvalue weighted by Crippen LogP contribution is -1.74. The summed E-state index contributed by atoms with van der Waals surface area (Å²) in [5.74, 6) is 1.04. The van der Waals surface area contributed by atoms with E-state index in [2.05, 4.69) is 16.2 Å². The molecule has 0 fully saturated rings. The first-order valence-electron chi connectivity index (χ1n) is 4.75. The standard InChI is InChI=1S/C11H5N3OS2/c12-6-7-3-4-9(17-7)11-13-10(14-15-11)8-2-1-5-16-8/h1-5H. The number of nitriles is 1. The molecule has 0 aliphatic rings. The molecule has 3 aromatic rings. The molecule has 0 radical (unpaired) electrons. The monoisotopic (exact) mass is 259 g/mol. The molecule has 0 aliphatic carbocycles. The van der Waals surface area contributed by atoms with E-state index in [1.54, 1.807) is 17.4 Å². The van der Waals surface area contributed by atoms with Gasteiger partial charge >= 0.3 is 0 Å². The van der Waals surface area contributed by atoms with Gasteiger partial charge in [-0.15, -0.1) is 22.7 Å². The van der Waals surface area contributed by atoms with Crippen LogP contribution in [0.3, 0.4) is 0 Å². The summed E-state index contributed by atoms with van der Waals surface area (Å²) in [5, 5.41) is 14.6. The zero-order valence-corrected chi connectivity index (χ0v) is 10.1. The number of nitrogens with zero attached hydrogens (tertiary/aromatic N) is 3. The van der Waals surface area contributed by atoms with Crippen LogP contribution in [0.5, 0.6) is 0 Å². The zero-order chi connectivity index (χ0) is 11.7. The van der Waals surface area contributed by atoms with Crippen LogP contribution in [0, 0.1) is 11.3 Å². The third-order valence-corrected chi connectivity index (χ3v) is 3.94. The normalized spacial score (nSPS) is 10.3. The van der Waals surface area contributed by atoms with Gasteiger partial charge in [-0.05, 0) is 23.6 Å². The van der Waals surface area contributed by atoms with E-state index in [-0.39, 0.29) is 0 Å². The fraction of sp³-hybridized carbons (Fsp3) is 0. The molecule has 4 nitrogen and oxygen atoms in total. The van der Waals surface area contributed by atoms with Gasteiger partial charge in [-0.3, -0.25) is 0 Å². The predicted octanol–water partition coefficient (Wildman–Crippen LogP) is 3.40. The Balaban J connectivity index is 1.98. The van der Waals surface area contributed by atoms with Gasteiger partial charge in [0.25, 0.3) is 5.89 Å². The Hall–Kier alpha value is -1.97. The van der Waals surface area contributed by atoms with Crippen molar-refractivity contribution in [2.24, 2.45) is 0 Å². The fourth-order valence-corrected chi connectivity index (χ4v) is 2.72. The van der Waals surface area contributed by atoms with Crippen LogP contribution in [-0.2, 0) is 0 Å². The number of hydrogen-bond acceptors (Lipinski definition) is 6. The molecule has 0 bridgehead atoms. The van der Waals surface area contributed by atoms with E-state index in [0.717, 1.165) is 9.75 Å². The summed E-state index contributed by atoms with van der Waals surface area (Å²) in [6.45, 7) is 0. The zero-order valence-electron chi connectivity index (χ0n) is 8.45. The summed E-state index contributed by atoms with van der Waals surface area (Å²) in [6.07, 6.45) is 0. The highest BCUT2D eigenvalue weighted by Crippen LogP contribution is 2.29. The second-order valence-corrected chi connectivity index (χ2v) is 5.21. The SMILES string of the molecule is N#Cc1ccc(-c2nc(-c3cccs3)no2)s1. The van der Waals surface area contributed by atoms with E-state index in [1.807, 2.05) is 23.6 Å². The third-order valence-electron chi connectivity index (χ3n) is 2.09. The van der Waals surface area contributed by atoms with Crippen LogP contribution in [0.1, 0.15) is 4.88 Å². The quantitative estimate of drug-likeness (QED) is 0.707. The average Bonchev–Trinajstić information content (AvgIpc) is 3.09. The molecule has 82 valence electrons. The molecular formula is C11H5N3OS2. The van der Waals surface area contributed by atoms with Gasteiger partial charge in [0.15, 0.2) is 0 Å². The summed E-state index contributed by atoms with van der Waals surface area (Å²) in [6, 6.07) is 9.52. The van der Waals surface area contributed by atoms with E-state index in [0.29, 0.717) is 16.6 Å². The van der Waals surface area contributed by atoms with Crippen molar-refractivity contribution >= 4 is 22.7 Å². The van der Waals surface area contributed by atoms with Crippen molar-refractivity contribution in [3.8, 4) is 27.5 Å². The molecule has 0 N–H and O–H groups in total. The second kappa shape index (κ2) is 4.13. The number of hydrogen-bond donors (Lipinski definition) is 0. The molecule has 3 aromatic heterocycles. The Bertz CT molecular complexity index is 676. The van der Waals surface area contributed by atoms with Gasteiger partial charge in [-0.1, -0.05) is 11.2 Å². The Labute approximate surface area is 105 Å². The van der Waals surface area contributed by atoms with Crippen molar-refractivity contribution in [1.82, 2.24) is 10.1 Å². The first kappa shape index (κ1) is 10.2. The van der Waals surface area contributed by atoms with Crippen LogP contribution in [0.4, 0.5) is 0 Å². The Morgan fingerprint density at radius 3 is 2.88 bits per heavy atom. The van der Waals surface area contributed by atoms with E-state index in [9.17, 15) is 0 Å². The molecule has 3 rings (SSSR count). The number of thiophene rings is 2. The minimum Gasteiger partial charge on any atom is -0.333 e. The van der Waals surface area contributed by atoms with Gasteiger partial charge < -0.3 is 4.52 Å². The minimum atomic E-state index is 0.458. The van der Waals surface area contributed by atoms with Crippen molar-refractivity contribution < 1.29 is 4.52 Å². The van der Waals surface area contributed by atoms with Crippen LogP contribution in [0.15, 0.2) is 34.2 Å². The van der Waals surface area contributed by atoms with E-state index < -0.39 is 0 Å². The van der Waals surface area contributed by atoms with Gasteiger partial charge in [0.1, 0.15) is 10.9 Å². The van der Waals surface area contributed by atoms with E-state index in [4.69, 9.17) is 9.78 Å². The molecule has 3 heterocycles. The maximum atomic E-state index is 8.75. The van der Waals surface area contributed by atoms with Gasteiger partial charge in [-0.2, -0.15) is 10.2 Å². The van der Waals surface area contributed by atoms with Gasteiger partial charge in [0.2, 0.25) is 5.82 Å². The van der Waals surface area contributed by atoms with Crippen LogP contribution in [0.25, 0.3) is 21.5 Å². The first-order valence-corrected chi connectivity index (χ1v) is 6.44. The lowest BCUT2D eigenvalue weighted by molar-refractivity contribution is 0.433. The highest BCUT2D eigenvalue weighted by molar-refractivity contribution is 7.15. The van der Waals surface area contributed by atoms with Crippen LogP contribution in [0.2, 0.25) is 0 Å². The van der Waals surface area contributed by atoms with Crippen molar-refractivity contribution in [1.29, 1.82) is 5.26 Å². The molecule has 0 saturated heterocycles. The van der Waals surface area contributed by atoms with E-state index in [1.165, 1.54) is 11.3 Å². The molecule has 0 aromatic carbocycles. The topological polar surface area (TPSA) is 62.7 Å². The minimum absolute atomic E-state index is 0.458. The molecule has 6 heteroatoms. The maximum Gasteiger partial charge on any atom is 0.268 e. The predicted molar refractivity (Wildman–Crippen MR) is 65.6 cm³/mol. The van der Waals surface area contributed by atoms with E-state index >= 15 is 0 Å². The van der Waals surface area contributed by atoms with Crippen LogP contribution >= 0.6 is 22.7 Å². The van der Waals surface area contributed by atoms with Crippen molar-refractivity contribution in [2.75, 3.05) is 0 Å². The molecule has 0 amide bonds. The molecule has 17 heavy (non-hydrogen) atoms. The molecule has 0 saturated carbocycles. The Morgan fingerprint density at radius 2 is 2.18 bits per heavy atom. The number of rotatable bonds is 2. The molecule has 0 spiro atoms. The summed E-state index contributed by atoms with van der Waals surface area (Å²) >= 11 is 2.90. The summed E-state index contributed by atoms with van der Waals surface area (Å²) in [5.41, 5.74) is 0. The molecule has 0 unspecified atom stereocenters. The third kappa shape index (κ3) is 1.86. The van der Waals surface area contributed by atoms with Crippen molar-refractivity contribution in [2.45, 2.75) is 0 Å². The van der Waals surface area contributed by atoms with Gasteiger partial charge in [-0.25, -0.2) is 0 Å². The summed E-state index contributed by atoms with van der Waals surface area (Å²) in [4.78, 5) is 6.73. The largest absolute Gasteiger partial charge is 0.333 e. The average molecular weight is 259 g/mol. The second-order valence-electron chi connectivity index (χ2n) is 3.18. The Kier molecular flexibility index (Phi) is 2.48. The summed E-state index contributed by atoms with van der Waals surface area (Å²) < 4.78 is 5.18. The Morgan fingerprint density at radius 1 is 1.24 bits per heavy atom. The highest BCUT2D eigenvalue weighted by atomic mass is 32.1. The first-order chi connectivity index (χ1) is 8.36. The molecule has 0 aliphatic heterocycles. The maximum absolute atomic E-state index is 8.75. The molecule has 0 atom stereocenters. The molecular weight excluding hydrogens is 254 g/mol. The van der Waals surface area contributed by atoms with Crippen molar-refractivity contribution in [3.05, 3.63) is 34.5 Å². The van der Waals surface area contributed by atoms with Crippen LogP contribution in [-0.4, -0.2) is 10.1 Å². The smallest absolute Gasteiger partial charge is 0.268 e. The van der Waals surface area contributed by atoms with Crippen LogP contribution < -0.4 is 0 Å². The lowest BCUT2D eigenvalue weighted by Gasteiger charge is -1.83. The number of aromatic nitrogens is 2. The lowest BCUT2D eigenvalue weighted by atomic mass is 10.4. The fourth-order valence-electron chi connectivity index (χ4n) is 1.34. The van der Waals surface area contributed by atoms with Gasteiger partial charge in [0.05, 0.1) is 9.75 Å². The highest BCUT2D eigenvalue weighted by Gasteiger charge is 2.12. The van der Waals surface area contributed by atoms with Crippen molar-refractivity contribution in [3.63, 3.8) is 0 Å². The van der Waals surface area contributed by atoms with Gasteiger partial charge in [0, 0.05) is 0 Å². The summed E-state index contributed by atoms with van der Waals surface area (Å²) in [7, 11) is 0.